The topological polar surface area (TPSA) is 213 Å². The van der Waals surface area contributed by atoms with Crippen molar-refractivity contribution in [2.24, 2.45) is 0 Å². The van der Waals surface area contributed by atoms with Crippen molar-refractivity contribution in [3.63, 3.8) is 0 Å². The molecule has 62 heavy (non-hydrogen) atoms. The molecule has 0 aromatic heterocycles. The molecule has 7 rings (SSSR count). The molecule has 1 saturated carbocycles. The highest BCUT2D eigenvalue weighted by atomic mass is 16.5. The maximum absolute atomic E-state index is 13.2. The van der Waals surface area contributed by atoms with Crippen LogP contribution in [0.5, 0.6) is 5.75 Å². The minimum absolute atomic E-state index is 0.0666. The Labute approximate surface area is 358 Å². The molecule has 0 spiro atoms. The van der Waals surface area contributed by atoms with Gasteiger partial charge in [0, 0.05) is 94.6 Å². The third-order valence-corrected chi connectivity index (χ3v) is 11.4. The smallest absolute Gasteiger partial charge is 0.323 e. The molecule has 3 heterocycles. The molecule has 3 aromatic carbocycles. The molecular weight excluding hydrogens is 799 g/mol. The summed E-state index contributed by atoms with van der Waals surface area (Å²) in [5.41, 5.74) is 2.65. The van der Waals surface area contributed by atoms with E-state index >= 15 is 0 Å². The SMILES string of the molecule is O=C1CCC(N2Cc3c(NC(=O)Nc4ccccc4OC(=O)CCC(=O)OCCN4CCN(CCNC=C5C(=O)CC(c6ccccc6)CC5=O)CC4)cccc3C2=O)C(=O)N1. The number of Topliss-reactive ketones (excluding diaryl/α,β-unsaturated/α-hetero) is 2. The summed E-state index contributed by atoms with van der Waals surface area (Å²) < 4.78 is 10.9. The number of amides is 5. The maximum atomic E-state index is 13.2. The number of urea groups is 1. The van der Waals surface area contributed by atoms with E-state index in [1.807, 2.05) is 30.3 Å². The minimum Gasteiger partial charge on any atom is -0.464 e. The van der Waals surface area contributed by atoms with Crippen LogP contribution in [0.25, 0.3) is 0 Å². The lowest BCUT2D eigenvalue weighted by atomic mass is 9.80. The molecule has 4 aliphatic rings. The lowest BCUT2D eigenvalue weighted by Gasteiger charge is -2.34. The number of imide groups is 1. The monoisotopic (exact) mass is 847 g/mol. The first-order valence-corrected chi connectivity index (χ1v) is 20.8. The van der Waals surface area contributed by atoms with Gasteiger partial charge in [-0.05, 0) is 42.2 Å². The Hall–Kier alpha value is -6.72. The van der Waals surface area contributed by atoms with E-state index in [4.69, 9.17) is 9.47 Å². The number of piperazine rings is 1. The number of hydrogen-bond donors (Lipinski definition) is 4. The van der Waals surface area contributed by atoms with Crippen LogP contribution in [-0.2, 0) is 40.0 Å². The van der Waals surface area contributed by atoms with Gasteiger partial charge in [-0.1, -0.05) is 48.5 Å². The molecule has 1 unspecified atom stereocenters. The largest absolute Gasteiger partial charge is 0.464 e. The van der Waals surface area contributed by atoms with Gasteiger partial charge in [0.05, 0.1) is 24.1 Å². The second-order valence-electron chi connectivity index (χ2n) is 15.6. The Kier molecular flexibility index (Phi) is 14.2. The molecule has 3 aromatic rings. The Balaban J connectivity index is 0.774. The van der Waals surface area contributed by atoms with Crippen LogP contribution in [0.2, 0.25) is 0 Å². The lowest BCUT2D eigenvalue weighted by Crippen LogP contribution is -2.52. The van der Waals surface area contributed by atoms with Gasteiger partial charge in [0.25, 0.3) is 5.91 Å². The number of ketones is 2. The molecule has 0 radical (unpaired) electrons. The molecule has 324 valence electrons. The van der Waals surface area contributed by atoms with Gasteiger partial charge < -0.3 is 30.3 Å². The van der Waals surface area contributed by atoms with Crippen LogP contribution in [0.15, 0.2) is 84.6 Å². The van der Waals surface area contributed by atoms with Crippen molar-refractivity contribution in [3.05, 3.63) is 101 Å². The molecule has 17 nitrogen and oxygen atoms in total. The van der Waals surface area contributed by atoms with Crippen LogP contribution in [-0.4, -0.2) is 120 Å². The first-order valence-electron chi connectivity index (χ1n) is 20.8. The van der Waals surface area contributed by atoms with E-state index in [1.165, 1.54) is 11.0 Å². The third-order valence-electron chi connectivity index (χ3n) is 11.4. The Bertz CT molecular complexity index is 2240. The minimum atomic E-state index is -0.803. The fourth-order valence-electron chi connectivity index (χ4n) is 8.03. The number of ether oxygens (including phenoxy) is 2. The molecule has 0 bridgehead atoms. The zero-order valence-electron chi connectivity index (χ0n) is 34.2. The zero-order chi connectivity index (χ0) is 43.6. The van der Waals surface area contributed by atoms with Crippen molar-refractivity contribution in [2.75, 3.05) is 63.1 Å². The molecule has 3 fully saturated rings. The quantitative estimate of drug-likeness (QED) is 0.0433. The standard InChI is InChI=1S/C45H49N7O10/c53-37-25-30(29-7-2-1-3-8-29)26-38(54)32(37)27-46-17-18-50-19-21-51(22-20-50)23-24-61-41(56)15-16-42(57)62-39-12-5-4-10-35(39)48-45(60)47-34-11-6-9-31-33(34)28-52(44(31)59)36-13-14-40(55)49-43(36)58/h1-12,27,30,36,46H,13-26,28H2,(H2,47,48,60)(H,49,55,58). The third kappa shape index (κ3) is 11.0. The summed E-state index contributed by atoms with van der Waals surface area (Å²) in [6.45, 7) is 5.32. The number of fused-ring (bicyclic) bond motifs is 1. The van der Waals surface area contributed by atoms with Gasteiger partial charge in [-0.3, -0.25) is 48.7 Å². The van der Waals surface area contributed by atoms with Gasteiger partial charge in [0.1, 0.15) is 12.6 Å². The van der Waals surface area contributed by atoms with Crippen LogP contribution in [0.4, 0.5) is 16.2 Å². The van der Waals surface area contributed by atoms with Crippen molar-refractivity contribution in [3.8, 4) is 5.75 Å². The zero-order valence-corrected chi connectivity index (χ0v) is 34.2. The van der Waals surface area contributed by atoms with Gasteiger partial charge in [-0.25, -0.2) is 4.79 Å². The number of benzene rings is 3. The van der Waals surface area contributed by atoms with Gasteiger partial charge in [0.15, 0.2) is 17.3 Å². The number of esters is 2. The maximum Gasteiger partial charge on any atom is 0.323 e. The summed E-state index contributed by atoms with van der Waals surface area (Å²) in [5.74, 6) is -2.81. The molecule has 17 heteroatoms. The average molecular weight is 848 g/mol. The highest BCUT2D eigenvalue weighted by Gasteiger charge is 2.40. The molecule has 2 saturated heterocycles. The highest BCUT2D eigenvalue weighted by Crippen LogP contribution is 2.33. The van der Waals surface area contributed by atoms with Crippen LogP contribution >= 0.6 is 0 Å². The van der Waals surface area contributed by atoms with Crippen molar-refractivity contribution in [1.29, 1.82) is 0 Å². The molecule has 5 amide bonds. The number of rotatable bonds is 15. The summed E-state index contributed by atoms with van der Waals surface area (Å²) in [6, 6.07) is 19.3. The van der Waals surface area contributed by atoms with E-state index in [-0.39, 0.29) is 85.1 Å². The Morgan fingerprint density at radius 2 is 1.42 bits per heavy atom. The Morgan fingerprint density at radius 3 is 2.16 bits per heavy atom. The summed E-state index contributed by atoms with van der Waals surface area (Å²) in [5, 5.41) is 10.8. The number of carbonyl (C=O) groups is 8. The van der Waals surface area contributed by atoms with Crippen LogP contribution in [0.3, 0.4) is 0 Å². The normalized spacial score (nSPS) is 19.4. The number of anilines is 2. The number of para-hydroxylation sites is 2. The fraction of sp³-hybridized carbons (Fsp3) is 0.378. The second-order valence-corrected chi connectivity index (χ2v) is 15.6. The average Bonchev–Trinajstić information content (AvgIpc) is 3.60. The highest BCUT2D eigenvalue weighted by molar-refractivity contribution is 6.22. The number of piperidine rings is 1. The van der Waals surface area contributed by atoms with E-state index in [9.17, 15) is 38.4 Å². The number of carbonyl (C=O) groups excluding carboxylic acids is 8. The fourth-order valence-corrected chi connectivity index (χ4v) is 8.03. The molecular formula is C45H49N7O10. The summed E-state index contributed by atoms with van der Waals surface area (Å²) in [6.07, 6.45) is 2.12. The predicted molar refractivity (Wildman–Crippen MR) is 225 cm³/mol. The molecule has 4 N–H and O–H groups in total. The molecule has 1 aliphatic carbocycles. The summed E-state index contributed by atoms with van der Waals surface area (Å²) in [7, 11) is 0. The van der Waals surface area contributed by atoms with E-state index in [0.717, 1.165) is 38.3 Å². The van der Waals surface area contributed by atoms with Crippen LogP contribution < -0.4 is 26.0 Å². The number of allylic oxidation sites excluding steroid dienone is 1. The number of nitrogens with zero attached hydrogens (tertiary/aromatic N) is 3. The van der Waals surface area contributed by atoms with Crippen molar-refractivity contribution >= 4 is 58.6 Å². The van der Waals surface area contributed by atoms with E-state index in [2.05, 4.69) is 31.1 Å². The van der Waals surface area contributed by atoms with Gasteiger partial charge in [-0.2, -0.15) is 0 Å². The first-order chi connectivity index (χ1) is 30.0. The van der Waals surface area contributed by atoms with Crippen molar-refractivity contribution in [2.45, 2.75) is 57.0 Å². The summed E-state index contributed by atoms with van der Waals surface area (Å²) >= 11 is 0. The predicted octanol–water partition coefficient (Wildman–Crippen LogP) is 3.13. The van der Waals surface area contributed by atoms with Gasteiger partial charge in [-0.15, -0.1) is 0 Å². The van der Waals surface area contributed by atoms with Crippen LogP contribution in [0.1, 0.15) is 65.9 Å². The molecule has 1 atom stereocenters. The van der Waals surface area contributed by atoms with E-state index in [0.29, 0.717) is 42.7 Å². The number of hydrogen-bond acceptors (Lipinski definition) is 13. The van der Waals surface area contributed by atoms with Gasteiger partial charge >= 0.3 is 18.0 Å². The Morgan fingerprint density at radius 1 is 0.758 bits per heavy atom. The second kappa shape index (κ2) is 20.2. The van der Waals surface area contributed by atoms with Crippen LogP contribution in [0, 0.1) is 0 Å². The van der Waals surface area contributed by atoms with Gasteiger partial charge in [0.2, 0.25) is 11.8 Å². The van der Waals surface area contributed by atoms with Crippen molar-refractivity contribution in [1.82, 2.24) is 25.3 Å². The van der Waals surface area contributed by atoms with Crippen molar-refractivity contribution < 1.29 is 47.8 Å². The summed E-state index contributed by atoms with van der Waals surface area (Å²) in [4.78, 5) is 107. The molecule has 3 aliphatic heterocycles. The lowest BCUT2D eigenvalue weighted by molar-refractivity contribution is -0.147. The first kappa shape index (κ1) is 43.4. The van der Waals surface area contributed by atoms with E-state index in [1.54, 1.807) is 42.6 Å². The van der Waals surface area contributed by atoms with E-state index < -0.39 is 29.9 Å². The number of nitrogens with one attached hydrogen (secondary N) is 4.